The van der Waals surface area contributed by atoms with Crippen LogP contribution < -0.4 is 5.73 Å². The average molecular weight is 232 g/mol. The Kier molecular flexibility index (Phi) is 4.19. The highest BCUT2D eigenvalue weighted by molar-refractivity contribution is 5.19. The van der Waals surface area contributed by atoms with E-state index in [1.54, 1.807) is 0 Å². The zero-order valence-electron chi connectivity index (χ0n) is 11.0. The van der Waals surface area contributed by atoms with Gasteiger partial charge in [0, 0.05) is 24.7 Å². The first-order chi connectivity index (χ1) is 8.24. The van der Waals surface area contributed by atoms with Gasteiger partial charge < -0.3 is 5.73 Å². The van der Waals surface area contributed by atoms with Crippen LogP contribution in [0.5, 0.6) is 0 Å². The molecule has 1 aromatic carbocycles. The van der Waals surface area contributed by atoms with Crippen LogP contribution in [0.15, 0.2) is 30.3 Å². The summed E-state index contributed by atoms with van der Waals surface area (Å²) < 4.78 is 0. The molecule has 0 amide bonds. The molecule has 1 aliphatic heterocycles. The van der Waals surface area contributed by atoms with Gasteiger partial charge in [-0.25, -0.2) is 0 Å². The van der Waals surface area contributed by atoms with Crippen LogP contribution in [-0.2, 0) is 0 Å². The molecule has 2 heteroatoms. The lowest BCUT2D eigenvalue weighted by Gasteiger charge is -2.44. The lowest BCUT2D eigenvalue weighted by atomic mass is 9.92. The van der Waals surface area contributed by atoms with Gasteiger partial charge in [-0.2, -0.15) is 0 Å². The fourth-order valence-electron chi connectivity index (χ4n) is 3.15. The summed E-state index contributed by atoms with van der Waals surface area (Å²) in [6, 6.07) is 12.4. The van der Waals surface area contributed by atoms with Crippen LogP contribution in [0.1, 0.15) is 44.7 Å². The Morgan fingerprint density at radius 3 is 2.65 bits per heavy atom. The number of hydrogen-bond donors (Lipinski definition) is 1. The van der Waals surface area contributed by atoms with E-state index in [-0.39, 0.29) is 0 Å². The Balaban J connectivity index is 2.18. The summed E-state index contributed by atoms with van der Waals surface area (Å²) in [4.78, 5) is 2.61. The minimum Gasteiger partial charge on any atom is -0.329 e. The molecular formula is C15H24N2. The number of hydrogen-bond acceptors (Lipinski definition) is 2. The van der Waals surface area contributed by atoms with E-state index in [1.807, 2.05) is 0 Å². The minimum absolute atomic E-state index is 0.472. The van der Waals surface area contributed by atoms with E-state index in [0.717, 1.165) is 6.54 Å². The van der Waals surface area contributed by atoms with Crippen molar-refractivity contribution < 1.29 is 0 Å². The van der Waals surface area contributed by atoms with Gasteiger partial charge in [-0.1, -0.05) is 36.8 Å². The largest absolute Gasteiger partial charge is 0.329 e. The number of piperidine rings is 1. The summed E-state index contributed by atoms with van der Waals surface area (Å²) in [5.41, 5.74) is 7.33. The Morgan fingerprint density at radius 2 is 2.00 bits per heavy atom. The molecule has 0 spiro atoms. The maximum atomic E-state index is 5.93. The summed E-state index contributed by atoms with van der Waals surface area (Å²) in [5, 5.41) is 0. The van der Waals surface area contributed by atoms with Crippen LogP contribution in [0.2, 0.25) is 0 Å². The van der Waals surface area contributed by atoms with Crippen LogP contribution in [0, 0.1) is 0 Å². The number of rotatable bonds is 3. The molecule has 0 aromatic heterocycles. The first-order valence-corrected chi connectivity index (χ1v) is 6.76. The van der Waals surface area contributed by atoms with Gasteiger partial charge in [0.1, 0.15) is 0 Å². The number of likely N-dealkylation sites (tertiary alicyclic amines) is 1. The maximum absolute atomic E-state index is 5.93. The molecule has 1 aromatic rings. The van der Waals surface area contributed by atoms with Gasteiger partial charge >= 0.3 is 0 Å². The zero-order chi connectivity index (χ0) is 12.3. The molecule has 0 bridgehead atoms. The van der Waals surface area contributed by atoms with Crippen molar-refractivity contribution in [1.82, 2.24) is 4.90 Å². The molecule has 3 unspecified atom stereocenters. The van der Waals surface area contributed by atoms with E-state index in [4.69, 9.17) is 5.73 Å². The Labute approximate surface area is 105 Å². The Hall–Kier alpha value is -0.860. The summed E-state index contributed by atoms with van der Waals surface area (Å²) in [6.45, 7) is 5.42. The highest BCUT2D eigenvalue weighted by Gasteiger charge is 2.30. The number of nitrogens with two attached hydrogens (primary N) is 1. The second-order valence-electron chi connectivity index (χ2n) is 5.20. The minimum atomic E-state index is 0.472. The summed E-state index contributed by atoms with van der Waals surface area (Å²) in [5.74, 6) is 0. The van der Waals surface area contributed by atoms with Gasteiger partial charge in [0.25, 0.3) is 0 Å². The van der Waals surface area contributed by atoms with Gasteiger partial charge in [-0.15, -0.1) is 0 Å². The van der Waals surface area contributed by atoms with E-state index >= 15 is 0 Å². The fourth-order valence-corrected chi connectivity index (χ4v) is 3.15. The monoisotopic (exact) mass is 232 g/mol. The van der Waals surface area contributed by atoms with Crippen molar-refractivity contribution in [3.05, 3.63) is 35.9 Å². The SMILES string of the molecule is CC1CCCC(CN)N1C(C)c1ccccc1. The molecule has 1 aliphatic rings. The topological polar surface area (TPSA) is 29.3 Å². The molecule has 1 fully saturated rings. The molecule has 94 valence electrons. The standard InChI is InChI=1S/C15H24N2/c1-12-7-6-10-15(11-16)17(12)13(2)14-8-4-3-5-9-14/h3-5,8-9,12-13,15H,6-7,10-11,16H2,1-2H3. The summed E-state index contributed by atoms with van der Waals surface area (Å²) >= 11 is 0. The van der Waals surface area contributed by atoms with Gasteiger partial charge in [-0.05, 0) is 32.3 Å². The first-order valence-electron chi connectivity index (χ1n) is 6.76. The summed E-state index contributed by atoms with van der Waals surface area (Å²) in [7, 11) is 0. The van der Waals surface area contributed by atoms with Crippen molar-refractivity contribution in [3.63, 3.8) is 0 Å². The Bertz CT molecular complexity index is 336. The molecule has 1 heterocycles. The predicted octanol–water partition coefficient (Wildman–Crippen LogP) is 2.95. The molecule has 2 nitrogen and oxygen atoms in total. The molecule has 17 heavy (non-hydrogen) atoms. The van der Waals surface area contributed by atoms with Crippen LogP contribution in [0.4, 0.5) is 0 Å². The smallest absolute Gasteiger partial charge is 0.0326 e. The van der Waals surface area contributed by atoms with Crippen LogP contribution >= 0.6 is 0 Å². The van der Waals surface area contributed by atoms with E-state index in [9.17, 15) is 0 Å². The van der Waals surface area contributed by atoms with Gasteiger partial charge in [0.05, 0.1) is 0 Å². The third-order valence-corrected chi connectivity index (χ3v) is 4.09. The molecule has 0 radical (unpaired) electrons. The van der Waals surface area contributed by atoms with Crippen molar-refractivity contribution in [2.24, 2.45) is 5.73 Å². The fraction of sp³-hybridized carbons (Fsp3) is 0.600. The van der Waals surface area contributed by atoms with Gasteiger partial charge in [-0.3, -0.25) is 4.90 Å². The number of benzene rings is 1. The van der Waals surface area contributed by atoms with Crippen molar-refractivity contribution in [3.8, 4) is 0 Å². The molecular weight excluding hydrogens is 208 g/mol. The second kappa shape index (κ2) is 5.65. The lowest BCUT2D eigenvalue weighted by molar-refractivity contribution is 0.0570. The maximum Gasteiger partial charge on any atom is 0.0326 e. The third-order valence-electron chi connectivity index (χ3n) is 4.09. The number of nitrogens with zero attached hydrogens (tertiary/aromatic N) is 1. The normalized spacial score (nSPS) is 27.9. The van der Waals surface area contributed by atoms with Crippen molar-refractivity contribution in [1.29, 1.82) is 0 Å². The van der Waals surface area contributed by atoms with Gasteiger partial charge in [0.15, 0.2) is 0 Å². The van der Waals surface area contributed by atoms with Crippen LogP contribution in [0.25, 0.3) is 0 Å². The van der Waals surface area contributed by atoms with E-state index in [2.05, 4.69) is 49.1 Å². The first kappa shape index (κ1) is 12.6. The Morgan fingerprint density at radius 1 is 1.29 bits per heavy atom. The van der Waals surface area contributed by atoms with E-state index < -0.39 is 0 Å². The van der Waals surface area contributed by atoms with Crippen molar-refractivity contribution >= 4 is 0 Å². The lowest BCUT2D eigenvalue weighted by Crippen LogP contribution is -2.49. The molecule has 0 aliphatic carbocycles. The highest BCUT2D eigenvalue weighted by Crippen LogP contribution is 2.31. The van der Waals surface area contributed by atoms with Crippen molar-refractivity contribution in [2.45, 2.75) is 51.2 Å². The van der Waals surface area contributed by atoms with Gasteiger partial charge in [0.2, 0.25) is 0 Å². The molecule has 0 saturated carbocycles. The quantitative estimate of drug-likeness (QED) is 0.868. The molecule has 1 saturated heterocycles. The predicted molar refractivity (Wildman–Crippen MR) is 72.9 cm³/mol. The molecule has 3 atom stereocenters. The average Bonchev–Trinajstić information content (AvgIpc) is 2.38. The molecule has 2 N–H and O–H groups in total. The van der Waals surface area contributed by atoms with E-state index in [1.165, 1.54) is 24.8 Å². The molecule has 2 rings (SSSR count). The highest BCUT2D eigenvalue weighted by atomic mass is 15.2. The van der Waals surface area contributed by atoms with Crippen LogP contribution in [0.3, 0.4) is 0 Å². The van der Waals surface area contributed by atoms with E-state index in [0.29, 0.717) is 18.1 Å². The van der Waals surface area contributed by atoms with Crippen LogP contribution in [-0.4, -0.2) is 23.5 Å². The third kappa shape index (κ3) is 2.70. The second-order valence-corrected chi connectivity index (χ2v) is 5.20. The van der Waals surface area contributed by atoms with Crippen molar-refractivity contribution in [2.75, 3.05) is 6.54 Å². The summed E-state index contributed by atoms with van der Waals surface area (Å²) in [6.07, 6.45) is 3.87. The zero-order valence-corrected chi connectivity index (χ0v) is 11.0.